The summed E-state index contributed by atoms with van der Waals surface area (Å²) in [5.41, 5.74) is 1.72. The summed E-state index contributed by atoms with van der Waals surface area (Å²) in [5, 5.41) is 8.46. The number of aromatic nitrogens is 3. The van der Waals surface area contributed by atoms with Gasteiger partial charge in [0.25, 0.3) is 11.8 Å². The Kier molecular flexibility index (Phi) is 5.21. The van der Waals surface area contributed by atoms with Gasteiger partial charge in [0.15, 0.2) is 11.5 Å². The van der Waals surface area contributed by atoms with Gasteiger partial charge in [-0.05, 0) is 36.8 Å². The van der Waals surface area contributed by atoms with Crippen molar-refractivity contribution in [3.63, 3.8) is 0 Å². The van der Waals surface area contributed by atoms with E-state index in [4.69, 9.17) is 13.9 Å². The summed E-state index contributed by atoms with van der Waals surface area (Å²) in [6.45, 7) is 2.29. The van der Waals surface area contributed by atoms with Gasteiger partial charge in [0.2, 0.25) is 12.3 Å². The number of ether oxygens (including phenoxy) is 2. The molecule has 4 aromatic rings. The third-order valence-electron chi connectivity index (χ3n) is 5.55. The molecule has 1 aliphatic rings. The molecule has 1 aliphatic heterocycles. The van der Waals surface area contributed by atoms with Crippen molar-refractivity contribution in [1.29, 1.82) is 0 Å². The maximum atomic E-state index is 13.5. The number of carbonyl (C=O) groups is 2. The SMILES string of the molecule is CCOc1cc([C@H](Cc2nnco2)N2C(=O)c3cc4ccccc4nc3C2=O)ccc1OC. The number of imide groups is 1. The zero-order valence-corrected chi connectivity index (χ0v) is 18.0. The molecule has 0 radical (unpaired) electrons. The van der Waals surface area contributed by atoms with Crippen molar-refractivity contribution in [1.82, 2.24) is 20.1 Å². The molecule has 1 atom stereocenters. The van der Waals surface area contributed by atoms with Crippen LogP contribution in [0.1, 0.15) is 45.3 Å². The van der Waals surface area contributed by atoms with Crippen molar-refractivity contribution in [3.8, 4) is 11.5 Å². The van der Waals surface area contributed by atoms with Crippen LogP contribution in [0.4, 0.5) is 0 Å². The van der Waals surface area contributed by atoms with Gasteiger partial charge in [-0.3, -0.25) is 14.5 Å². The first-order valence-corrected chi connectivity index (χ1v) is 10.4. The Labute approximate surface area is 189 Å². The van der Waals surface area contributed by atoms with Crippen molar-refractivity contribution in [2.75, 3.05) is 13.7 Å². The number of rotatable bonds is 7. The maximum Gasteiger partial charge on any atom is 0.280 e. The summed E-state index contributed by atoms with van der Waals surface area (Å²) in [7, 11) is 1.55. The van der Waals surface area contributed by atoms with Crippen LogP contribution in [0, 0.1) is 0 Å². The fraction of sp³-hybridized carbons (Fsp3) is 0.208. The van der Waals surface area contributed by atoms with E-state index >= 15 is 0 Å². The third kappa shape index (κ3) is 3.57. The highest BCUT2D eigenvalue weighted by molar-refractivity contribution is 6.21. The number of nitrogens with zero attached hydrogens (tertiary/aromatic N) is 4. The van der Waals surface area contributed by atoms with E-state index in [0.29, 0.717) is 35.1 Å². The van der Waals surface area contributed by atoms with E-state index in [2.05, 4.69) is 15.2 Å². The summed E-state index contributed by atoms with van der Waals surface area (Å²) in [5.74, 6) is 0.454. The number of hydrogen-bond donors (Lipinski definition) is 0. The predicted molar refractivity (Wildman–Crippen MR) is 117 cm³/mol. The molecule has 0 N–H and O–H groups in total. The monoisotopic (exact) mass is 444 g/mol. The predicted octanol–water partition coefficient (Wildman–Crippen LogP) is 3.61. The second-order valence-corrected chi connectivity index (χ2v) is 7.45. The lowest BCUT2D eigenvalue weighted by molar-refractivity contribution is 0.0574. The first-order valence-electron chi connectivity index (χ1n) is 10.4. The smallest absolute Gasteiger partial charge is 0.280 e. The van der Waals surface area contributed by atoms with Gasteiger partial charge in [-0.25, -0.2) is 4.98 Å². The Morgan fingerprint density at radius 3 is 2.67 bits per heavy atom. The molecule has 0 unspecified atom stereocenters. The van der Waals surface area contributed by atoms with E-state index in [0.717, 1.165) is 5.39 Å². The Hall–Kier alpha value is -4.27. The first-order chi connectivity index (χ1) is 16.1. The van der Waals surface area contributed by atoms with Crippen LogP contribution in [-0.4, -0.2) is 45.6 Å². The number of carbonyl (C=O) groups excluding carboxylic acids is 2. The van der Waals surface area contributed by atoms with E-state index in [9.17, 15) is 9.59 Å². The number of hydrogen-bond acceptors (Lipinski definition) is 8. The minimum absolute atomic E-state index is 0.132. The molecule has 2 aromatic heterocycles. The van der Waals surface area contributed by atoms with Crippen LogP contribution >= 0.6 is 0 Å². The van der Waals surface area contributed by atoms with Crippen LogP contribution in [0.2, 0.25) is 0 Å². The van der Waals surface area contributed by atoms with Gasteiger partial charge in [-0.2, -0.15) is 0 Å². The van der Waals surface area contributed by atoms with E-state index in [1.165, 1.54) is 11.3 Å². The fourth-order valence-corrected chi connectivity index (χ4v) is 4.04. The summed E-state index contributed by atoms with van der Waals surface area (Å²) < 4.78 is 16.4. The number of fused-ring (bicyclic) bond motifs is 2. The molecule has 0 aliphatic carbocycles. The van der Waals surface area contributed by atoms with Crippen LogP contribution in [0.25, 0.3) is 10.9 Å². The number of benzene rings is 2. The van der Waals surface area contributed by atoms with Gasteiger partial charge < -0.3 is 13.9 Å². The molecule has 166 valence electrons. The molecule has 0 saturated carbocycles. The Morgan fingerprint density at radius 2 is 1.91 bits per heavy atom. The molecule has 33 heavy (non-hydrogen) atoms. The molecule has 2 aromatic carbocycles. The fourth-order valence-electron chi connectivity index (χ4n) is 4.04. The Balaban J connectivity index is 1.61. The lowest BCUT2D eigenvalue weighted by Gasteiger charge is -2.26. The zero-order valence-electron chi connectivity index (χ0n) is 18.0. The number of methoxy groups -OCH3 is 1. The second kappa shape index (κ2) is 8.34. The summed E-state index contributed by atoms with van der Waals surface area (Å²) >= 11 is 0. The number of pyridine rings is 1. The lowest BCUT2D eigenvalue weighted by atomic mass is 10.0. The van der Waals surface area contributed by atoms with Crippen molar-refractivity contribution in [2.24, 2.45) is 0 Å². The van der Waals surface area contributed by atoms with Crippen LogP contribution in [0.15, 0.2) is 59.3 Å². The molecular weight excluding hydrogens is 424 g/mol. The third-order valence-corrected chi connectivity index (χ3v) is 5.55. The largest absolute Gasteiger partial charge is 0.493 e. The van der Waals surface area contributed by atoms with Gasteiger partial charge in [0.1, 0.15) is 5.69 Å². The van der Waals surface area contributed by atoms with Crippen molar-refractivity contribution >= 4 is 22.7 Å². The summed E-state index contributed by atoms with van der Waals surface area (Å²) in [6.07, 6.45) is 1.35. The molecule has 0 fully saturated rings. The first kappa shape index (κ1) is 20.6. The Morgan fingerprint density at radius 1 is 1.06 bits per heavy atom. The topological polar surface area (TPSA) is 108 Å². The number of amides is 2. The quantitative estimate of drug-likeness (QED) is 0.398. The van der Waals surface area contributed by atoms with Gasteiger partial charge in [0, 0.05) is 5.39 Å². The van der Waals surface area contributed by atoms with Crippen LogP contribution in [-0.2, 0) is 6.42 Å². The van der Waals surface area contributed by atoms with Crippen LogP contribution in [0.3, 0.4) is 0 Å². The highest BCUT2D eigenvalue weighted by Crippen LogP contribution is 2.37. The van der Waals surface area contributed by atoms with E-state index in [1.54, 1.807) is 31.4 Å². The molecular formula is C24H20N4O5. The highest BCUT2D eigenvalue weighted by Gasteiger charge is 2.42. The van der Waals surface area contributed by atoms with Gasteiger partial charge in [-0.15, -0.1) is 10.2 Å². The molecule has 2 amide bonds. The molecule has 9 heteroatoms. The maximum absolute atomic E-state index is 13.5. The van der Waals surface area contributed by atoms with Gasteiger partial charge in [-0.1, -0.05) is 24.3 Å². The standard InChI is InChI=1S/C24H20N4O5/c1-3-32-20-11-15(8-9-19(20)31-2)18(12-21-27-25-13-33-21)28-23(29)16-10-14-6-4-5-7-17(14)26-22(16)24(28)30/h4-11,13,18H,3,12H2,1-2H3/t18-/m0/s1. The molecule has 0 saturated heterocycles. The van der Waals surface area contributed by atoms with Gasteiger partial charge in [0.05, 0.1) is 37.3 Å². The molecule has 5 rings (SSSR count). The van der Waals surface area contributed by atoms with Gasteiger partial charge >= 0.3 is 0 Å². The minimum Gasteiger partial charge on any atom is -0.493 e. The van der Waals surface area contributed by atoms with Crippen molar-refractivity contribution < 1.29 is 23.5 Å². The second-order valence-electron chi connectivity index (χ2n) is 7.45. The highest BCUT2D eigenvalue weighted by atomic mass is 16.5. The average Bonchev–Trinajstić information content (AvgIpc) is 3.43. The van der Waals surface area contributed by atoms with Crippen molar-refractivity contribution in [3.05, 3.63) is 77.6 Å². The van der Waals surface area contributed by atoms with E-state index in [1.807, 2.05) is 31.2 Å². The van der Waals surface area contributed by atoms with Crippen LogP contribution < -0.4 is 9.47 Å². The lowest BCUT2D eigenvalue weighted by Crippen LogP contribution is -2.35. The van der Waals surface area contributed by atoms with Crippen molar-refractivity contribution in [2.45, 2.75) is 19.4 Å². The molecule has 0 bridgehead atoms. The van der Waals surface area contributed by atoms with Crippen LogP contribution in [0.5, 0.6) is 11.5 Å². The van der Waals surface area contributed by atoms with E-state index < -0.39 is 17.9 Å². The average molecular weight is 444 g/mol. The normalized spacial score (nSPS) is 13.9. The number of para-hydroxylation sites is 1. The Bertz CT molecular complexity index is 1300. The molecule has 3 heterocycles. The summed E-state index contributed by atoms with van der Waals surface area (Å²) in [6, 6.07) is 13.7. The molecule has 9 nitrogen and oxygen atoms in total. The molecule has 0 spiro atoms. The summed E-state index contributed by atoms with van der Waals surface area (Å²) in [4.78, 5) is 32.6. The van der Waals surface area contributed by atoms with E-state index in [-0.39, 0.29) is 17.7 Å². The minimum atomic E-state index is -0.715. The zero-order chi connectivity index (χ0) is 22.9.